The van der Waals surface area contributed by atoms with Crippen LogP contribution in [0.5, 0.6) is 0 Å². The number of benzene rings is 2. The van der Waals surface area contributed by atoms with E-state index in [0.29, 0.717) is 5.56 Å². The number of nitrogens with zero attached hydrogens (tertiary/aromatic N) is 1. The molecule has 0 unspecified atom stereocenters. The van der Waals surface area contributed by atoms with Crippen LogP contribution >= 0.6 is 11.6 Å². The van der Waals surface area contributed by atoms with Crippen LogP contribution in [0, 0.1) is 10.1 Å². The Bertz CT molecular complexity index is 972. The van der Waals surface area contributed by atoms with Crippen molar-refractivity contribution in [3.63, 3.8) is 0 Å². The van der Waals surface area contributed by atoms with Crippen LogP contribution in [-0.4, -0.2) is 25.3 Å². The fraction of sp³-hybridized carbons (Fsp3) is 0.188. The highest BCUT2D eigenvalue weighted by Gasteiger charge is 2.24. The van der Waals surface area contributed by atoms with Crippen molar-refractivity contribution in [3.8, 4) is 0 Å². The normalized spacial score (nSPS) is 13.9. The van der Waals surface area contributed by atoms with E-state index in [2.05, 4.69) is 10.0 Å². The number of nitro groups is 1. The van der Waals surface area contributed by atoms with E-state index in [1.807, 2.05) is 0 Å². The lowest BCUT2D eigenvalue weighted by atomic mass is 10.2. The summed E-state index contributed by atoms with van der Waals surface area (Å²) in [5.41, 5.74) is 0.227. The third-order valence-electron chi connectivity index (χ3n) is 3.73. The van der Waals surface area contributed by atoms with Gasteiger partial charge in [-0.2, -0.15) is 0 Å². The van der Waals surface area contributed by atoms with E-state index in [4.69, 9.17) is 11.6 Å². The van der Waals surface area contributed by atoms with Gasteiger partial charge in [0.1, 0.15) is 4.90 Å². The van der Waals surface area contributed by atoms with Gasteiger partial charge in [-0.05, 0) is 43.2 Å². The predicted octanol–water partition coefficient (Wildman–Crippen LogP) is 2.94. The molecule has 1 amide bonds. The molecule has 1 aliphatic carbocycles. The van der Waals surface area contributed by atoms with Gasteiger partial charge in [-0.1, -0.05) is 11.6 Å². The molecular formula is C16H14ClN3O5S. The molecule has 1 aliphatic rings. The highest BCUT2D eigenvalue weighted by Crippen LogP contribution is 2.28. The molecule has 0 spiro atoms. The van der Waals surface area contributed by atoms with Crippen LogP contribution in [0.25, 0.3) is 0 Å². The Kier molecular flexibility index (Phi) is 4.84. The topological polar surface area (TPSA) is 118 Å². The minimum absolute atomic E-state index is 0.136. The Morgan fingerprint density at radius 1 is 1.15 bits per heavy atom. The van der Waals surface area contributed by atoms with Crippen LogP contribution in [0.3, 0.4) is 0 Å². The molecule has 10 heteroatoms. The van der Waals surface area contributed by atoms with Gasteiger partial charge in [0, 0.05) is 29.4 Å². The number of nitro benzene ring substituents is 1. The number of amides is 1. The van der Waals surface area contributed by atoms with Crippen molar-refractivity contribution < 1.29 is 18.1 Å². The first kappa shape index (κ1) is 18.2. The van der Waals surface area contributed by atoms with Crippen LogP contribution < -0.4 is 10.0 Å². The Morgan fingerprint density at radius 3 is 2.38 bits per heavy atom. The number of hydrogen-bond acceptors (Lipinski definition) is 5. The second-order valence-electron chi connectivity index (χ2n) is 5.80. The van der Waals surface area contributed by atoms with Gasteiger partial charge in [0.25, 0.3) is 21.6 Å². The Morgan fingerprint density at radius 2 is 1.81 bits per heavy atom. The molecular weight excluding hydrogens is 382 g/mol. The number of halogens is 1. The molecule has 8 nitrogen and oxygen atoms in total. The smallest absolute Gasteiger partial charge is 0.270 e. The number of carbonyl (C=O) groups excluding carboxylic acids is 1. The molecule has 1 fully saturated rings. The molecule has 136 valence electrons. The van der Waals surface area contributed by atoms with Crippen molar-refractivity contribution in [2.75, 3.05) is 4.72 Å². The van der Waals surface area contributed by atoms with E-state index in [9.17, 15) is 23.3 Å². The van der Waals surface area contributed by atoms with Gasteiger partial charge < -0.3 is 5.32 Å². The summed E-state index contributed by atoms with van der Waals surface area (Å²) < 4.78 is 27.2. The lowest BCUT2D eigenvalue weighted by Crippen LogP contribution is -2.25. The summed E-state index contributed by atoms with van der Waals surface area (Å²) in [7, 11) is -4.13. The number of non-ortho nitro benzene ring substituents is 1. The molecule has 0 bridgehead atoms. The number of anilines is 1. The summed E-state index contributed by atoms with van der Waals surface area (Å²) in [5.74, 6) is -0.219. The number of carbonyl (C=O) groups is 1. The zero-order valence-electron chi connectivity index (χ0n) is 13.3. The molecule has 0 saturated heterocycles. The van der Waals surface area contributed by atoms with Gasteiger partial charge in [-0.25, -0.2) is 8.42 Å². The van der Waals surface area contributed by atoms with Crippen LogP contribution in [0.4, 0.5) is 11.4 Å². The lowest BCUT2D eigenvalue weighted by molar-refractivity contribution is -0.385. The molecule has 0 atom stereocenters. The summed E-state index contributed by atoms with van der Waals surface area (Å²) in [6.07, 6.45) is 1.93. The van der Waals surface area contributed by atoms with E-state index in [0.717, 1.165) is 31.0 Å². The van der Waals surface area contributed by atoms with Crippen molar-refractivity contribution in [1.29, 1.82) is 0 Å². The third-order valence-corrected chi connectivity index (χ3v) is 5.59. The molecule has 2 N–H and O–H groups in total. The van der Waals surface area contributed by atoms with Gasteiger partial charge in [-0.3, -0.25) is 19.6 Å². The summed E-state index contributed by atoms with van der Waals surface area (Å²) in [5, 5.41) is 13.5. The average molecular weight is 396 g/mol. The van der Waals surface area contributed by atoms with Crippen LogP contribution in [-0.2, 0) is 10.0 Å². The van der Waals surface area contributed by atoms with Crippen molar-refractivity contribution in [1.82, 2.24) is 5.32 Å². The van der Waals surface area contributed by atoms with Crippen molar-refractivity contribution in [3.05, 3.63) is 63.2 Å². The first-order valence-electron chi connectivity index (χ1n) is 7.64. The van der Waals surface area contributed by atoms with Gasteiger partial charge in [-0.15, -0.1) is 0 Å². The molecule has 0 aliphatic heterocycles. The number of nitrogens with one attached hydrogen (secondary N) is 2. The maximum Gasteiger partial charge on any atom is 0.270 e. The van der Waals surface area contributed by atoms with Gasteiger partial charge in [0.05, 0.1) is 9.95 Å². The van der Waals surface area contributed by atoms with Gasteiger partial charge >= 0.3 is 0 Å². The molecule has 0 heterocycles. The molecule has 26 heavy (non-hydrogen) atoms. The van der Waals surface area contributed by atoms with Gasteiger partial charge in [0.2, 0.25) is 0 Å². The monoisotopic (exact) mass is 395 g/mol. The number of hydrogen-bond donors (Lipinski definition) is 2. The minimum Gasteiger partial charge on any atom is -0.349 e. The third kappa shape index (κ3) is 4.12. The SMILES string of the molecule is O=C(NC1CC1)c1ccc(NS(=O)(=O)c2cc([N+](=O)[O-])ccc2Cl)cc1. The minimum atomic E-state index is -4.13. The predicted molar refractivity (Wildman–Crippen MR) is 95.8 cm³/mol. The number of rotatable bonds is 6. The first-order chi connectivity index (χ1) is 12.3. The van der Waals surface area contributed by atoms with E-state index in [1.165, 1.54) is 24.3 Å². The summed E-state index contributed by atoms with van der Waals surface area (Å²) in [6.45, 7) is 0. The molecule has 2 aromatic rings. The largest absolute Gasteiger partial charge is 0.349 e. The molecule has 1 saturated carbocycles. The Hall–Kier alpha value is -2.65. The Balaban J connectivity index is 1.80. The van der Waals surface area contributed by atoms with Crippen LogP contribution in [0.2, 0.25) is 5.02 Å². The summed E-state index contributed by atoms with van der Waals surface area (Å²) in [4.78, 5) is 21.7. The quantitative estimate of drug-likeness (QED) is 0.575. The zero-order valence-corrected chi connectivity index (χ0v) is 14.9. The van der Waals surface area contributed by atoms with Crippen molar-refractivity contribution in [2.45, 2.75) is 23.8 Å². The summed E-state index contributed by atoms with van der Waals surface area (Å²) >= 11 is 5.88. The molecule has 0 aromatic heterocycles. The molecule has 3 rings (SSSR count). The van der Waals surface area contributed by atoms with E-state index in [-0.39, 0.29) is 28.3 Å². The second-order valence-corrected chi connectivity index (χ2v) is 7.86. The lowest BCUT2D eigenvalue weighted by Gasteiger charge is -2.10. The highest BCUT2D eigenvalue weighted by atomic mass is 35.5. The van der Waals surface area contributed by atoms with E-state index in [1.54, 1.807) is 0 Å². The average Bonchev–Trinajstić information content (AvgIpc) is 3.39. The Labute approximate surface area is 154 Å². The maximum atomic E-state index is 12.5. The fourth-order valence-electron chi connectivity index (χ4n) is 2.21. The fourth-order valence-corrected chi connectivity index (χ4v) is 3.79. The van der Waals surface area contributed by atoms with Crippen molar-refractivity contribution in [2.24, 2.45) is 0 Å². The molecule has 0 radical (unpaired) electrons. The van der Waals surface area contributed by atoms with Crippen molar-refractivity contribution >= 4 is 38.9 Å². The van der Waals surface area contributed by atoms with E-state index < -0.39 is 19.8 Å². The summed E-state index contributed by atoms with van der Waals surface area (Å²) in [6, 6.07) is 9.23. The zero-order chi connectivity index (χ0) is 18.9. The van der Waals surface area contributed by atoms with E-state index >= 15 is 0 Å². The first-order valence-corrected chi connectivity index (χ1v) is 9.50. The highest BCUT2D eigenvalue weighted by molar-refractivity contribution is 7.92. The van der Waals surface area contributed by atoms with Crippen LogP contribution in [0.15, 0.2) is 47.4 Å². The van der Waals surface area contributed by atoms with Gasteiger partial charge in [0.15, 0.2) is 0 Å². The standard InChI is InChI=1S/C16H14ClN3O5S/c17-14-8-7-13(20(22)23)9-15(14)26(24,25)19-12-3-1-10(2-4-12)16(21)18-11-5-6-11/h1-4,7-9,11,19H,5-6H2,(H,18,21). The number of sulfonamides is 1. The van der Waals surface area contributed by atoms with Crippen LogP contribution in [0.1, 0.15) is 23.2 Å². The second kappa shape index (κ2) is 6.93. The molecule has 2 aromatic carbocycles. The maximum absolute atomic E-state index is 12.5.